The Morgan fingerprint density at radius 2 is 1.46 bits per heavy atom. The van der Waals surface area contributed by atoms with Crippen molar-refractivity contribution in [2.75, 3.05) is 10.6 Å². The second-order valence-electron chi connectivity index (χ2n) is 5.74. The van der Waals surface area contributed by atoms with E-state index in [0.717, 1.165) is 16.8 Å². The molecular weight excluding hydrogens is 331 g/mol. The van der Waals surface area contributed by atoms with Crippen LogP contribution in [0, 0.1) is 5.82 Å². The largest absolute Gasteiger partial charge is 0.444 e. The Labute approximate surface area is 151 Å². The van der Waals surface area contributed by atoms with Crippen LogP contribution in [0.4, 0.5) is 20.6 Å². The van der Waals surface area contributed by atoms with Gasteiger partial charge >= 0.3 is 6.09 Å². The van der Waals surface area contributed by atoms with Gasteiger partial charge in [-0.05, 0) is 47.5 Å². The fourth-order valence-electron chi connectivity index (χ4n) is 2.35. The molecule has 2 N–H and O–H groups in total. The summed E-state index contributed by atoms with van der Waals surface area (Å²) in [5.74, 6) is -0.247. The average Bonchev–Trinajstić information content (AvgIpc) is 2.68. The lowest BCUT2D eigenvalue weighted by atomic mass is 10.2. The number of anilines is 2. The maximum Gasteiger partial charge on any atom is 0.411 e. The van der Waals surface area contributed by atoms with Crippen LogP contribution in [0.25, 0.3) is 0 Å². The standard InChI is InChI=1S/C21H19FN2O2/c22-18-8-6-16(7-9-18)14-23-19-10-12-20(13-11-19)24-21(25)26-15-17-4-2-1-3-5-17/h1-13,23H,14-15H2,(H,24,25). The number of amides is 1. The van der Waals surface area contributed by atoms with Crippen molar-refractivity contribution in [1.29, 1.82) is 0 Å². The summed E-state index contributed by atoms with van der Waals surface area (Å²) in [6, 6.07) is 23.1. The first-order valence-electron chi connectivity index (χ1n) is 8.25. The minimum absolute atomic E-state index is 0.226. The smallest absolute Gasteiger partial charge is 0.411 e. The van der Waals surface area contributed by atoms with Gasteiger partial charge in [0.2, 0.25) is 0 Å². The maximum atomic E-state index is 12.9. The molecule has 0 unspecified atom stereocenters. The Balaban J connectivity index is 1.46. The molecule has 3 aromatic carbocycles. The summed E-state index contributed by atoms with van der Waals surface area (Å²) < 4.78 is 18.1. The molecule has 0 bridgehead atoms. The van der Waals surface area contributed by atoms with Crippen LogP contribution in [0.2, 0.25) is 0 Å². The monoisotopic (exact) mass is 350 g/mol. The molecule has 4 nitrogen and oxygen atoms in total. The Kier molecular flexibility index (Phi) is 5.83. The highest BCUT2D eigenvalue weighted by Gasteiger charge is 2.04. The molecule has 0 aliphatic rings. The van der Waals surface area contributed by atoms with E-state index in [1.165, 1.54) is 12.1 Å². The van der Waals surface area contributed by atoms with Crippen LogP contribution in [0.1, 0.15) is 11.1 Å². The van der Waals surface area contributed by atoms with Gasteiger partial charge in [-0.15, -0.1) is 0 Å². The Morgan fingerprint density at radius 3 is 2.15 bits per heavy atom. The van der Waals surface area contributed by atoms with E-state index < -0.39 is 6.09 Å². The van der Waals surface area contributed by atoms with E-state index in [1.54, 1.807) is 24.3 Å². The Bertz CT molecular complexity index is 834. The van der Waals surface area contributed by atoms with Gasteiger partial charge in [0.1, 0.15) is 12.4 Å². The van der Waals surface area contributed by atoms with E-state index in [1.807, 2.05) is 42.5 Å². The fraction of sp³-hybridized carbons (Fsp3) is 0.0952. The predicted molar refractivity (Wildman–Crippen MR) is 100 cm³/mol. The quantitative estimate of drug-likeness (QED) is 0.643. The molecule has 3 aromatic rings. The Morgan fingerprint density at radius 1 is 0.808 bits per heavy atom. The molecule has 3 rings (SSSR count). The lowest BCUT2D eigenvalue weighted by Gasteiger charge is -2.09. The van der Waals surface area contributed by atoms with E-state index >= 15 is 0 Å². The van der Waals surface area contributed by atoms with Crippen LogP contribution in [-0.2, 0) is 17.9 Å². The van der Waals surface area contributed by atoms with Crippen molar-refractivity contribution in [2.45, 2.75) is 13.2 Å². The summed E-state index contributed by atoms with van der Waals surface area (Å²) in [7, 11) is 0. The normalized spacial score (nSPS) is 10.2. The van der Waals surface area contributed by atoms with E-state index in [2.05, 4.69) is 10.6 Å². The summed E-state index contributed by atoms with van der Waals surface area (Å²) in [5, 5.41) is 5.93. The van der Waals surface area contributed by atoms with Gasteiger partial charge in [0, 0.05) is 17.9 Å². The number of benzene rings is 3. The van der Waals surface area contributed by atoms with Gasteiger partial charge in [0.15, 0.2) is 0 Å². The molecule has 26 heavy (non-hydrogen) atoms. The minimum atomic E-state index is -0.499. The highest BCUT2D eigenvalue weighted by Crippen LogP contribution is 2.15. The van der Waals surface area contributed by atoms with Crippen LogP contribution in [-0.4, -0.2) is 6.09 Å². The molecule has 0 aliphatic carbocycles. The molecule has 1 amide bonds. The van der Waals surface area contributed by atoms with Crippen molar-refractivity contribution in [2.24, 2.45) is 0 Å². The van der Waals surface area contributed by atoms with Gasteiger partial charge in [-0.1, -0.05) is 42.5 Å². The average molecular weight is 350 g/mol. The predicted octanol–water partition coefficient (Wildman–Crippen LogP) is 5.19. The molecule has 132 valence electrons. The van der Waals surface area contributed by atoms with E-state index in [4.69, 9.17) is 4.74 Å². The van der Waals surface area contributed by atoms with E-state index in [9.17, 15) is 9.18 Å². The molecule has 0 heterocycles. The number of halogens is 1. The SMILES string of the molecule is O=C(Nc1ccc(NCc2ccc(F)cc2)cc1)OCc1ccccc1. The lowest BCUT2D eigenvalue weighted by Crippen LogP contribution is -2.13. The zero-order valence-electron chi connectivity index (χ0n) is 14.1. The van der Waals surface area contributed by atoms with Crippen molar-refractivity contribution in [3.05, 3.63) is 95.8 Å². The first-order chi connectivity index (χ1) is 12.7. The minimum Gasteiger partial charge on any atom is -0.444 e. The number of carbonyl (C=O) groups is 1. The van der Waals surface area contributed by atoms with E-state index in [0.29, 0.717) is 12.2 Å². The van der Waals surface area contributed by atoms with Crippen LogP contribution >= 0.6 is 0 Å². The van der Waals surface area contributed by atoms with Crippen molar-refractivity contribution < 1.29 is 13.9 Å². The first kappa shape index (κ1) is 17.5. The summed E-state index contributed by atoms with van der Waals surface area (Å²) in [6.45, 7) is 0.816. The highest BCUT2D eigenvalue weighted by atomic mass is 19.1. The molecule has 0 saturated heterocycles. The molecule has 0 fully saturated rings. The van der Waals surface area contributed by atoms with Crippen molar-refractivity contribution in [3.8, 4) is 0 Å². The number of ether oxygens (including phenoxy) is 1. The summed E-state index contributed by atoms with van der Waals surface area (Å²) >= 11 is 0. The topological polar surface area (TPSA) is 50.4 Å². The number of nitrogens with one attached hydrogen (secondary N) is 2. The molecule has 5 heteroatoms. The molecule has 0 spiro atoms. The summed E-state index contributed by atoms with van der Waals surface area (Å²) in [5.41, 5.74) is 3.47. The first-order valence-corrected chi connectivity index (χ1v) is 8.25. The second-order valence-corrected chi connectivity index (χ2v) is 5.74. The second kappa shape index (κ2) is 8.67. The third kappa shape index (κ3) is 5.34. The van der Waals surface area contributed by atoms with Crippen molar-refractivity contribution >= 4 is 17.5 Å². The molecule has 0 aliphatic heterocycles. The van der Waals surface area contributed by atoms with Crippen LogP contribution in [0.15, 0.2) is 78.9 Å². The van der Waals surface area contributed by atoms with E-state index in [-0.39, 0.29) is 12.4 Å². The highest BCUT2D eigenvalue weighted by molar-refractivity contribution is 5.84. The molecular formula is C21H19FN2O2. The third-order valence-corrected chi connectivity index (χ3v) is 3.75. The van der Waals surface area contributed by atoms with Crippen LogP contribution < -0.4 is 10.6 Å². The van der Waals surface area contributed by atoms with Crippen molar-refractivity contribution in [1.82, 2.24) is 0 Å². The van der Waals surface area contributed by atoms with Crippen LogP contribution in [0.5, 0.6) is 0 Å². The Hall–Kier alpha value is -3.34. The third-order valence-electron chi connectivity index (χ3n) is 3.75. The molecule has 0 radical (unpaired) electrons. The summed E-state index contributed by atoms with van der Waals surface area (Å²) in [6.07, 6.45) is -0.499. The molecule has 0 aromatic heterocycles. The van der Waals surface area contributed by atoms with Gasteiger partial charge < -0.3 is 10.1 Å². The zero-order valence-corrected chi connectivity index (χ0v) is 14.1. The van der Waals surface area contributed by atoms with Crippen molar-refractivity contribution in [3.63, 3.8) is 0 Å². The van der Waals surface area contributed by atoms with Gasteiger partial charge in [-0.3, -0.25) is 5.32 Å². The van der Waals surface area contributed by atoms with Gasteiger partial charge in [0.25, 0.3) is 0 Å². The maximum absolute atomic E-state index is 12.9. The molecule has 0 atom stereocenters. The summed E-state index contributed by atoms with van der Waals surface area (Å²) in [4.78, 5) is 11.8. The zero-order chi connectivity index (χ0) is 18.2. The number of hydrogen-bond acceptors (Lipinski definition) is 3. The van der Waals surface area contributed by atoms with Crippen LogP contribution in [0.3, 0.4) is 0 Å². The fourth-order valence-corrected chi connectivity index (χ4v) is 2.35. The number of carbonyl (C=O) groups excluding carboxylic acids is 1. The lowest BCUT2D eigenvalue weighted by molar-refractivity contribution is 0.155. The van der Waals surface area contributed by atoms with Gasteiger partial charge in [-0.2, -0.15) is 0 Å². The van der Waals surface area contributed by atoms with Gasteiger partial charge in [0.05, 0.1) is 0 Å². The van der Waals surface area contributed by atoms with Gasteiger partial charge in [-0.25, -0.2) is 9.18 Å². The number of hydrogen-bond donors (Lipinski definition) is 2. The number of rotatable bonds is 6. The molecule has 0 saturated carbocycles.